The van der Waals surface area contributed by atoms with Crippen LogP contribution in [0.4, 0.5) is 5.69 Å². The number of pyridine rings is 1. The maximum Gasteiger partial charge on any atom is 0.0772 e. The maximum atomic E-state index is 5.94. The molecule has 1 aliphatic heterocycles. The average Bonchev–Trinajstić information content (AvgIpc) is 2.40. The highest BCUT2D eigenvalue weighted by Crippen LogP contribution is 2.12. The van der Waals surface area contributed by atoms with Crippen LogP contribution in [0.15, 0.2) is 18.3 Å². The molecule has 1 aromatic heterocycles. The van der Waals surface area contributed by atoms with Gasteiger partial charge in [-0.3, -0.25) is 14.8 Å². The molecule has 2 heterocycles. The fourth-order valence-corrected chi connectivity index (χ4v) is 2.31. The van der Waals surface area contributed by atoms with Crippen molar-refractivity contribution >= 4 is 5.69 Å². The topological polar surface area (TPSA) is 48.6 Å². The third-order valence-electron chi connectivity index (χ3n) is 3.63. The molecule has 1 fully saturated rings. The van der Waals surface area contributed by atoms with Gasteiger partial charge in [0.25, 0.3) is 0 Å². The Labute approximate surface area is 116 Å². The Balaban J connectivity index is 1.76. The summed E-state index contributed by atoms with van der Waals surface area (Å²) in [7, 11) is 4.25. The normalized spacial score (nSPS) is 18.1. The van der Waals surface area contributed by atoms with E-state index in [1.165, 1.54) is 0 Å². The van der Waals surface area contributed by atoms with E-state index in [2.05, 4.69) is 33.8 Å². The van der Waals surface area contributed by atoms with Crippen molar-refractivity contribution in [2.75, 3.05) is 59.1 Å². The van der Waals surface area contributed by atoms with Gasteiger partial charge < -0.3 is 10.6 Å². The van der Waals surface area contributed by atoms with E-state index in [1.54, 1.807) is 0 Å². The van der Waals surface area contributed by atoms with Crippen LogP contribution in [0.5, 0.6) is 0 Å². The largest absolute Gasteiger partial charge is 0.397 e. The second-order valence-electron chi connectivity index (χ2n) is 5.46. The molecule has 19 heavy (non-hydrogen) atoms. The number of aromatic nitrogens is 1. The zero-order chi connectivity index (χ0) is 13.7. The van der Waals surface area contributed by atoms with Gasteiger partial charge in [-0.2, -0.15) is 0 Å². The quantitative estimate of drug-likeness (QED) is 0.830. The zero-order valence-corrected chi connectivity index (χ0v) is 12.0. The number of anilines is 1. The van der Waals surface area contributed by atoms with Crippen LogP contribution in [0.1, 0.15) is 5.69 Å². The van der Waals surface area contributed by atoms with Crippen LogP contribution >= 0.6 is 0 Å². The molecular weight excluding hydrogens is 238 g/mol. The Morgan fingerprint density at radius 3 is 2.53 bits per heavy atom. The first kappa shape index (κ1) is 14.2. The van der Waals surface area contributed by atoms with E-state index in [-0.39, 0.29) is 0 Å². The van der Waals surface area contributed by atoms with Gasteiger partial charge in [-0.1, -0.05) is 0 Å². The standard InChI is InChI=1S/C14H25N5/c1-17(2)6-7-18-8-10-19(11-9-18)12-14-13(15)4-3-5-16-14/h3-5H,6-12,15H2,1-2H3. The molecule has 0 aliphatic carbocycles. The molecule has 106 valence electrons. The average molecular weight is 263 g/mol. The highest BCUT2D eigenvalue weighted by atomic mass is 15.3. The van der Waals surface area contributed by atoms with Gasteiger partial charge in [0.1, 0.15) is 0 Å². The first-order valence-electron chi connectivity index (χ1n) is 6.94. The van der Waals surface area contributed by atoms with E-state index >= 15 is 0 Å². The van der Waals surface area contributed by atoms with Crippen molar-refractivity contribution in [2.24, 2.45) is 0 Å². The van der Waals surface area contributed by atoms with Crippen molar-refractivity contribution < 1.29 is 0 Å². The van der Waals surface area contributed by atoms with E-state index in [9.17, 15) is 0 Å². The van der Waals surface area contributed by atoms with Crippen molar-refractivity contribution in [3.8, 4) is 0 Å². The lowest BCUT2D eigenvalue weighted by atomic mass is 10.2. The number of nitrogen functional groups attached to an aromatic ring is 1. The van der Waals surface area contributed by atoms with Crippen molar-refractivity contribution in [3.63, 3.8) is 0 Å². The molecule has 2 N–H and O–H groups in total. The lowest BCUT2D eigenvalue weighted by molar-refractivity contribution is 0.120. The molecule has 5 heteroatoms. The molecule has 0 saturated carbocycles. The number of nitrogens with two attached hydrogens (primary N) is 1. The minimum Gasteiger partial charge on any atom is -0.397 e. The van der Waals surface area contributed by atoms with Crippen molar-refractivity contribution in [1.82, 2.24) is 19.7 Å². The fraction of sp³-hybridized carbons (Fsp3) is 0.643. The Morgan fingerprint density at radius 1 is 1.21 bits per heavy atom. The van der Waals surface area contributed by atoms with E-state index in [4.69, 9.17) is 5.73 Å². The molecule has 0 aromatic carbocycles. The smallest absolute Gasteiger partial charge is 0.0772 e. The van der Waals surface area contributed by atoms with Gasteiger partial charge in [-0.05, 0) is 26.2 Å². The van der Waals surface area contributed by atoms with Gasteiger partial charge in [0, 0.05) is 52.0 Å². The van der Waals surface area contributed by atoms with Gasteiger partial charge >= 0.3 is 0 Å². The van der Waals surface area contributed by atoms with Crippen LogP contribution in [-0.2, 0) is 6.54 Å². The summed E-state index contributed by atoms with van der Waals surface area (Å²) in [6.45, 7) is 7.64. The molecule has 1 saturated heterocycles. The second-order valence-corrected chi connectivity index (χ2v) is 5.46. The molecular formula is C14H25N5. The number of rotatable bonds is 5. The molecule has 0 unspecified atom stereocenters. The summed E-state index contributed by atoms with van der Waals surface area (Å²) in [6, 6.07) is 3.81. The molecule has 0 atom stereocenters. The van der Waals surface area contributed by atoms with Crippen LogP contribution in [0.3, 0.4) is 0 Å². The van der Waals surface area contributed by atoms with E-state index in [0.29, 0.717) is 0 Å². The molecule has 0 bridgehead atoms. The lowest BCUT2D eigenvalue weighted by Crippen LogP contribution is -2.47. The highest BCUT2D eigenvalue weighted by Gasteiger charge is 2.17. The van der Waals surface area contributed by atoms with Crippen LogP contribution in [-0.4, -0.2) is 73.0 Å². The Kier molecular flexibility index (Phi) is 5.13. The van der Waals surface area contributed by atoms with Gasteiger partial charge in [0.2, 0.25) is 0 Å². The summed E-state index contributed by atoms with van der Waals surface area (Å²) >= 11 is 0. The second kappa shape index (κ2) is 6.84. The van der Waals surface area contributed by atoms with E-state index < -0.39 is 0 Å². The lowest BCUT2D eigenvalue weighted by Gasteiger charge is -2.35. The first-order valence-corrected chi connectivity index (χ1v) is 6.94. The molecule has 0 spiro atoms. The monoisotopic (exact) mass is 263 g/mol. The minimum atomic E-state index is 0.803. The third-order valence-corrected chi connectivity index (χ3v) is 3.63. The van der Waals surface area contributed by atoms with E-state index in [0.717, 1.165) is 57.2 Å². The van der Waals surface area contributed by atoms with Crippen LogP contribution < -0.4 is 5.73 Å². The third kappa shape index (κ3) is 4.45. The first-order chi connectivity index (χ1) is 9.15. The summed E-state index contributed by atoms with van der Waals surface area (Å²) < 4.78 is 0. The fourth-order valence-electron chi connectivity index (χ4n) is 2.31. The summed E-state index contributed by atoms with van der Waals surface area (Å²) in [4.78, 5) is 11.6. The number of likely N-dealkylation sites (N-methyl/N-ethyl adjacent to an activating group) is 1. The molecule has 0 amide bonds. The van der Waals surface area contributed by atoms with Crippen molar-refractivity contribution in [2.45, 2.75) is 6.54 Å². The number of nitrogens with zero attached hydrogens (tertiary/aromatic N) is 4. The Hall–Kier alpha value is -1.17. The highest BCUT2D eigenvalue weighted by molar-refractivity contribution is 5.41. The SMILES string of the molecule is CN(C)CCN1CCN(Cc2ncccc2N)CC1. The summed E-state index contributed by atoms with van der Waals surface area (Å²) in [5.41, 5.74) is 7.75. The molecule has 0 radical (unpaired) electrons. The van der Waals surface area contributed by atoms with Gasteiger partial charge in [-0.15, -0.1) is 0 Å². The van der Waals surface area contributed by atoms with Gasteiger partial charge in [-0.25, -0.2) is 0 Å². The molecule has 1 aromatic rings. The van der Waals surface area contributed by atoms with Crippen LogP contribution in [0, 0.1) is 0 Å². The number of hydrogen-bond donors (Lipinski definition) is 1. The van der Waals surface area contributed by atoms with Crippen molar-refractivity contribution in [3.05, 3.63) is 24.0 Å². The predicted molar refractivity (Wildman–Crippen MR) is 78.9 cm³/mol. The Bertz CT molecular complexity index is 385. The molecule has 5 nitrogen and oxygen atoms in total. The van der Waals surface area contributed by atoms with Gasteiger partial charge in [0.05, 0.1) is 11.4 Å². The summed E-state index contributed by atoms with van der Waals surface area (Å²) in [6.07, 6.45) is 1.82. The number of piperazine rings is 1. The number of hydrogen-bond acceptors (Lipinski definition) is 5. The summed E-state index contributed by atoms with van der Waals surface area (Å²) in [5.74, 6) is 0. The predicted octanol–water partition coefficient (Wildman–Crippen LogP) is 0.343. The summed E-state index contributed by atoms with van der Waals surface area (Å²) in [5, 5.41) is 0. The van der Waals surface area contributed by atoms with Crippen LogP contribution in [0.2, 0.25) is 0 Å². The van der Waals surface area contributed by atoms with Gasteiger partial charge in [0.15, 0.2) is 0 Å². The van der Waals surface area contributed by atoms with E-state index in [1.807, 2.05) is 18.3 Å². The molecule has 2 rings (SSSR count). The molecule has 1 aliphatic rings. The Morgan fingerprint density at radius 2 is 1.89 bits per heavy atom. The van der Waals surface area contributed by atoms with Crippen LogP contribution in [0.25, 0.3) is 0 Å². The minimum absolute atomic E-state index is 0.803. The van der Waals surface area contributed by atoms with Crippen molar-refractivity contribution in [1.29, 1.82) is 0 Å². The zero-order valence-electron chi connectivity index (χ0n) is 12.0. The maximum absolute atomic E-state index is 5.94.